The number of anilines is 1. The highest BCUT2D eigenvalue weighted by atomic mass is 31.1. The van der Waals surface area contributed by atoms with Crippen molar-refractivity contribution >= 4 is 36.7 Å². The van der Waals surface area contributed by atoms with E-state index in [0.29, 0.717) is 5.39 Å². The molecule has 4 rings (SSSR count). The molecule has 2 N–H and O–H groups in total. The van der Waals surface area contributed by atoms with Gasteiger partial charge >= 0.3 is 17.6 Å². The van der Waals surface area contributed by atoms with E-state index in [1.807, 2.05) is 18.2 Å². The Labute approximate surface area is 262 Å². The standard InChI is InChI=1S/C28H33FN7O9P/c1-5-22(37)43-23-24(29)28(33-34-31,44-25(23)35-14-13-21(30)32-27(35)39)15-41-46(40)36(17(4)26(38)42-16(2)3)45-20-12-8-10-18-9-6-7-11-19(18)20/h6-14,16-17,23-25,46H,5,15H2,1-4H3,(H2,30,32,39)/t17?,23-,24+,25-,28-/m1/s1. The first kappa shape index (κ1) is 34.3. The van der Waals surface area contributed by atoms with Crippen molar-refractivity contribution in [1.82, 2.24) is 14.4 Å². The molecular weight excluding hydrogens is 628 g/mol. The van der Waals surface area contributed by atoms with E-state index >= 15 is 4.39 Å². The number of benzene rings is 2. The van der Waals surface area contributed by atoms with E-state index in [1.165, 1.54) is 19.9 Å². The van der Waals surface area contributed by atoms with E-state index in [-0.39, 0.29) is 18.0 Å². The Morgan fingerprint density at radius 2 is 1.96 bits per heavy atom. The number of carbonyl (C=O) groups is 2. The third-order valence-electron chi connectivity index (χ3n) is 6.79. The summed E-state index contributed by atoms with van der Waals surface area (Å²) in [7, 11) is -3.65. The number of esters is 2. The van der Waals surface area contributed by atoms with Crippen molar-refractivity contribution in [3.8, 4) is 5.75 Å². The van der Waals surface area contributed by atoms with Gasteiger partial charge in [-0.25, -0.2) is 9.18 Å². The molecule has 0 bridgehead atoms. The fourth-order valence-electron chi connectivity index (χ4n) is 4.54. The van der Waals surface area contributed by atoms with Crippen LogP contribution in [0.25, 0.3) is 21.2 Å². The number of azide groups is 1. The number of nitrogen functional groups attached to an aromatic ring is 1. The van der Waals surface area contributed by atoms with Crippen molar-refractivity contribution in [2.24, 2.45) is 5.11 Å². The van der Waals surface area contributed by atoms with Crippen molar-refractivity contribution in [3.05, 3.63) is 75.7 Å². The van der Waals surface area contributed by atoms with Gasteiger partial charge in [0.1, 0.15) is 11.9 Å². The van der Waals surface area contributed by atoms with Gasteiger partial charge in [-0.05, 0) is 43.8 Å². The molecule has 1 fully saturated rings. The number of carbonyl (C=O) groups excluding carboxylic acids is 2. The van der Waals surface area contributed by atoms with Crippen molar-refractivity contribution in [2.45, 2.75) is 70.5 Å². The zero-order valence-electron chi connectivity index (χ0n) is 25.3. The molecule has 0 amide bonds. The molecule has 3 aromatic rings. The smallest absolute Gasteiger partial charge is 0.351 e. The molecule has 0 aliphatic carbocycles. The summed E-state index contributed by atoms with van der Waals surface area (Å²) in [6.45, 7) is 5.06. The molecule has 1 aromatic heterocycles. The van der Waals surface area contributed by atoms with Gasteiger partial charge in [0, 0.05) is 22.9 Å². The SMILES string of the molecule is CCC(=O)O[C@H]1[C@H](n2ccc(N)nc2=O)O[C@@](CO[PH](=O)N(Oc2cccc3ccccc23)C(C)C(=O)OC(C)C)(N=[N+]=[N-])[C@H]1F. The normalized spacial score (nSPS) is 22.3. The maximum Gasteiger partial charge on any atom is 0.351 e. The molecular formula is C28H33FN7O9P. The Balaban J connectivity index is 1.68. The average Bonchev–Trinajstić information content (AvgIpc) is 3.28. The van der Waals surface area contributed by atoms with Gasteiger partial charge in [0.15, 0.2) is 24.3 Å². The van der Waals surface area contributed by atoms with Crippen LogP contribution < -0.4 is 16.3 Å². The number of halogens is 1. The number of hydrogen-bond acceptors (Lipinski definition) is 12. The fourth-order valence-corrected chi connectivity index (χ4v) is 5.59. The first-order valence-corrected chi connectivity index (χ1v) is 15.4. The number of nitrogens with zero attached hydrogens (tertiary/aromatic N) is 6. The lowest BCUT2D eigenvalue weighted by molar-refractivity contribution is -0.160. The second-order valence-corrected chi connectivity index (χ2v) is 11.7. The average molecular weight is 662 g/mol. The van der Waals surface area contributed by atoms with Gasteiger partial charge in [-0.2, -0.15) is 4.98 Å². The van der Waals surface area contributed by atoms with Gasteiger partial charge in [0.25, 0.3) is 8.18 Å². The van der Waals surface area contributed by atoms with Crippen LogP contribution in [0.3, 0.4) is 0 Å². The molecule has 1 saturated heterocycles. The van der Waals surface area contributed by atoms with Crippen LogP contribution in [0.1, 0.15) is 40.3 Å². The summed E-state index contributed by atoms with van der Waals surface area (Å²) >= 11 is 0. The van der Waals surface area contributed by atoms with Gasteiger partial charge in [-0.1, -0.05) is 53.3 Å². The van der Waals surface area contributed by atoms with Crippen molar-refractivity contribution in [3.63, 3.8) is 0 Å². The van der Waals surface area contributed by atoms with E-state index < -0.39 is 68.8 Å². The fraction of sp³-hybridized carbons (Fsp3) is 0.429. The first-order chi connectivity index (χ1) is 21.9. The lowest BCUT2D eigenvalue weighted by Crippen LogP contribution is -2.44. The highest BCUT2D eigenvalue weighted by Crippen LogP contribution is 2.45. The summed E-state index contributed by atoms with van der Waals surface area (Å²) in [5.74, 6) is -1.57. The molecule has 2 aromatic carbocycles. The summed E-state index contributed by atoms with van der Waals surface area (Å²) in [6.07, 6.45) is -5.49. The minimum absolute atomic E-state index is 0.141. The second-order valence-electron chi connectivity index (χ2n) is 10.4. The molecule has 0 saturated carbocycles. The molecule has 16 nitrogen and oxygen atoms in total. The van der Waals surface area contributed by atoms with Crippen LogP contribution >= 0.6 is 8.18 Å². The Kier molecular flexibility index (Phi) is 11.0. The van der Waals surface area contributed by atoms with Crippen molar-refractivity contribution in [2.75, 3.05) is 12.3 Å². The first-order valence-electron chi connectivity index (χ1n) is 14.1. The van der Waals surface area contributed by atoms with E-state index in [9.17, 15) is 24.5 Å². The van der Waals surface area contributed by atoms with Crippen LogP contribution in [0.4, 0.5) is 10.2 Å². The molecule has 1 aliphatic rings. The summed E-state index contributed by atoms with van der Waals surface area (Å²) in [4.78, 5) is 50.7. The van der Waals surface area contributed by atoms with Gasteiger partial charge in [0.2, 0.25) is 5.72 Å². The Bertz CT molecular complexity index is 1710. The molecule has 2 heterocycles. The van der Waals surface area contributed by atoms with E-state index in [4.69, 9.17) is 29.3 Å². The topological polar surface area (TPSA) is 210 Å². The van der Waals surface area contributed by atoms with Crippen LogP contribution in [-0.4, -0.2) is 63.1 Å². The quantitative estimate of drug-likeness (QED) is 0.0682. The minimum atomic E-state index is -3.65. The van der Waals surface area contributed by atoms with Crippen LogP contribution in [0, 0.1) is 0 Å². The summed E-state index contributed by atoms with van der Waals surface area (Å²) in [6, 6.07) is 12.2. The predicted molar refractivity (Wildman–Crippen MR) is 162 cm³/mol. The number of hydroxylamine groups is 1. The maximum absolute atomic E-state index is 16.2. The lowest BCUT2D eigenvalue weighted by atomic mass is 10.1. The van der Waals surface area contributed by atoms with E-state index in [1.54, 1.807) is 38.1 Å². The summed E-state index contributed by atoms with van der Waals surface area (Å²) < 4.78 is 52.6. The van der Waals surface area contributed by atoms with Crippen LogP contribution in [-0.2, 0) is 32.9 Å². The van der Waals surface area contributed by atoms with Gasteiger partial charge < -0.3 is 29.3 Å². The lowest BCUT2D eigenvalue weighted by Gasteiger charge is -2.29. The Morgan fingerprint density at radius 1 is 1.24 bits per heavy atom. The number of alkyl halides is 1. The zero-order chi connectivity index (χ0) is 33.6. The Morgan fingerprint density at radius 3 is 2.63 bits per heavy atom. The highest BCUT2D eigenvalue weighted by Gasteiger charge is 2.59. The molecule has 0 radical (unpaired) electrons. The molecule has 46 heavy (non-hydrogen) atoms. The number of nitrogens with two attached hydrogens (primary N) is 1. The molecule has 6 atom stereocenters. The molecule has 18 heteroatoms. The number of aromatic nitrogens is 2. The number of ether oxygens (including phenoxy) is 3. The number of hydrogen-bond donors (Lipinski definition) is 1. The molecule has 246 valence electrons. The zero-order valence-corrected chi connectivity index (χ0v) is 26.3. The summed E-state index contributed by atoms with van der Waals surface area (Å²) in [5.41, 5.74) is 11.4. The molecule has 1 aliphatic heterocycles. The van der Waals surface area contributed by atoms with Crippen LogP contribution in [0.5, 0.6) is 5.75 Å². The van der Waals surface area contributed by atoms with E-state index in [0.717, 1.165) is 21.0 Å². The van der Waals surface area contributed by atoms with Crippen molar-refractivity contribution in [1.29, 1.82) is 0 Å². The van der Waals surface area contributed by atoms with Crippen LogP contribution in [0.2, 0.25) is 0 Å². The largest absolute Gasteiger partial charge is 0.462 e. The monoisotopic (exact) mass is 661 g/mol. The second kappa shape index (κ2) is 14.7. The minimum Gasteiger partial charge on any atom is -0.462 e. The van der Waals surface area contributed by atoms with E-state index in [2.05, 4.69) is 15.0 Å². The molecule has 0 spiro atoms. The number of rotatable bonds is 13. The molecule has 2 unspecified atom stereocenters. The maximum atomic E-state index is 16.2. The third kappa shape index (κ3) is 7.46. The predicted octanol–water partition coefficient (Wildman–Crippen LogP) is 4.22. The van der Waals surface area contributed by atoms with Gasteiger partial charge in [-0.3, -0.25) is 18.7 Å². The van der Waals surface area contributed by atoms with Gasteiger partial charge in [-0.15, -0.1) is 0 Å². The van der Waals surface area contributed by atoms with Gasteiger partial charge in [0.05, 0.1) is 12.7 Å². The van der Waals surface area contributed by atoms with Crippen molar-refractivity contribution < 1.29 is 42.1 Å². The third-order valence-corrected chi connectivity index (χ3v) is 8.02. The highest BCUT2D eigenvalue weighted by molar-refractivity contribution is 7.36. The summed E-state index contributed by atoms with van der Waals surface area (Å²) in [5, 5.41) is 4.85. The number of fused-ring (bicyclic) bond motifs is 1. The Hall–Kier alpha value is -4.53. The van der Waals surface area contributed by atoms with Crippen LogP contribution in [0.15, 0.2) is 64.6 Å².